The molecule has 4 heterocycles. The van der Waals surface area contributed by atoms with Gasteiger partial charge in [0.2, 0.25) is 0 Å². The second-order valence-electron chi connectivity index (χ2n) is 7.91. The Hall–Kier alpha value is -2.31. The number of hydrogen-bond acceptors (Lipinski definition) is 4. The summed E-state index contributed by atoms with van der Waals surface area (Å²) in [4.78, 5) is 7.07. The first-order chi connectivity index (χ1) is 14.3. The van der Waals surface area contributed by atoms with E-state index in [1.807, 2.05) is 31.6 Å². The molecule has 0 fully saturated rings. The second-order valence-corrected chi connectivity index (χ2v) is 9.37. The molecular weight excluding hydrogens is 414 g/mol. The molecule has 0 bridgehead atoms. The molecule has 30 heavy (non-hydrogen) atoms. The van der Waals surface area contributed by atoms with Gasteiger partial charge in [-0.3, -0.25) is 4.68 Å². The third-order valence-corrected chi connectivity index (χ3v) is 7.22. The van der Waals surface area contributed by atoms with E-state index in [0.717, 1.165) is 56.0 Å². The van der Waals surface area contributed by atoms with Crippen molar-refractivity contribution in [3.05, 3.63) is 52.4 Å². The highest BCUT2D eigenvalue weighted by Crippen LogP contribution is 2.43. The molecule has 0 aliphatic heterocycles. The zero-order chi connectivity index (χ0) is 21.6. The molecule has 0 aliphatic rings. The minimum atomic E-state index is 0.474. The molecule has 0 aliphatic carbocycles. The largest absolute Gasteiger partial charge is 0.319 e. The van der Waals surface area contributed by atoms with Crippen molar-refractivity contribution >= 4 is 28.6 Å². The van der Waals surface area contributed by atoms with Crippen LogP contribution in [0.5, 0.6) is 0 Å². The van der Waals surface area contributed by atoms with Crippen LogP contribution in [0.15, 0.2) is 30.5 Å². The Morgan fingerprint density at radius 1 is 1.17 bits per heavy atom. The molecule has 0 spiro atoms. The Labute approximate surface area is 186 Å². The molecule has 0 saturated carbocycles. The summed E-state index contributed by atoms with van der Waals surface area (Å²) in [5, 5.41) is 7.62. The van der Waals surface area contributed by atoms with Crippen molar-refractivity contribution in [1.29, 1.82) is 0 Å². The average molecular weight is 442 g/mol. The first kappa shape index (κ1) is 20.9. The van der Waals surface area contributed by atoms with Crippen molar-refractivity contribution in [1.82, 2.24) is 19.3 Å². The average Bonchev–Trinajstić information content (AvgIpc) is 3.39. The maximum atomic E-state index is 6.77. The van der Waals surface area contributed by atoms with E-state index in [4.69, 9.17) is 21.7 Å². The predicted molar refractivity (Wildman–Crippen MR) is 128 cm³/mol. The van der Waals surface area contributed by atoms with E-state index in [2.05, 4.69) is 54.9 Å². The highest BCUT2D eigenvalue weighted by molar-refractivity contribution is 7.19. The van der Waals surface area contributed by atoms with Gasteiger partial charge in [0.25, 0.3) is 0 Å². The van der Waals surface area contributed by atoms with Gasteiger partial charge in [-0.1, -0.05) is 25.4 Å². The van der Waals surface area contributed by atoms with Gasteiger partial charge < -0.3 is 5.01 Å². The quantitative estimate of drug-likeness (QED) is 0.352. The maximum Gasteiger partial charge on any atom is 0.158 e. The third kappa shape index (κ3) is 3.42. The summed E-state index contributed by atoms with van der Waals surface area (Å²) >= 11 is 8.46. The fraction of sp³-hybridized carbons (Fsp3) is 0.391. The van der Waals surface area contributed by atoms with Gasteiger partial charge in [0.15, 0.2) is 5.65 Å². The summed E-state index contributed by atoms with van der Waals surface area (Å²) in [5.41, 5.74) is 6.29. The molecule has 0 aromatic carbocycles. The van der Waals surface area contributed by atoms with Gasteiger partial charge in [0, 0.05) is 25.9 Å². The number of thiophene rings is 1. The van der Waals surface area contributed by atoms with E-state index in [-0.39, 0.29) is 0 Å². The van der Waals surface area contributed by atoms with Crippen molar-refractivity contribution in [2.75, 3.05) is 19.1 Å². The van der Waals surface area contributed by atoms with Crippen molar-refractivity contribution in [2.45, 2.75) is 46.5 Å². The van der Waals surface area contributed by atoms with Crippen LogP contribution in [0, 0.1) is 13.8 Å². The zero-order valence-electron chi connectivity index (χ0n) is 18.4. The summed E-state index contributed by atoms with van der Waals surface area (Å²) in [7, 11) is 4.06. The molecule has 4 aromatic heterocycles. The monoisotopic (exact) mass is 441 g/mol. The molecule has 0 radical (unpaired) electrons. The van der Waals surface area contributed by atoms with Crippen LogP contribution in [-0.4, -0.2) is 33.4 Å². The van der Waals surface area contributed by atoms with Crippen molar-refractivity contribution < 1.29 is 0 Å². The summed E-state index contributed by atoms with van der Waals surface area (Å²) in [6.07, 6.45) is 4.22. The SMILES string of the molecule is CCC(CC)c1cc(C)nn2c(-c3sc(-c4cccn4N(C)C)cc3Cl)c(C)nc12. The Morgan fingerprint density at radius 3 is 2.57 bits per heavy atom. The molecule has 158 valence electrons. The highest BCUT2D eigenvalue weighted by atomic mass is 35.5. The van der Waals surface area contributed by atoms with Gasteiger partial charge in [0.1, 0.15) is 5.69 Å². The maximum absolute atomic E-state index is 6.77. The molecule has 0 amide bonds. The summed E-state index contributed by atoms with van der Waals surface area (Å²) in [5.74, 6) is 0.474. The number of aryl methyl sites for hydroxylation is 2. The predicted octanol–water partition coefficient (Wildman–Crippen LogP) is 6.30. The van der Waals surface area contributed by atoms with Crippen LogP contribution < -0.4 is 5.01 Å². The molecule has 4 rings (SSSR count). The van der Waals surface area contributed by atoms with Gasteiger partial charge in [-0.2, -0.15) is 5.10 Å². The number of fused-ring (bicyclic) bond motifs is 1. The fourth-order valence-corrected chi connectivity index (χ4v) is 5.67. The fourth-order valence-electron chi connectivity index (χ4n) is 4.14. The lowest BCUT2D eigenvalue weighted by atomic mass is 9.95. The number of halogens is 1. The summed E-state index contributed by atoms with van der Waals surface area (Å²) in [6, 6.07) is 8.40. The molecule has 7 heteroatoms. The van der Waals surface area contributed by atoms with Crippen molar-refractivity contribution in [3.8, 4) is 21.1 Å². The molecule has 5 nitrogen and oxygen atoms in total. The lowest BCUT2D eigenvalue weighted by Crippen LogP contribution is -2.24. The Kier molecular flexibility index (Phi) is 5.64. The van der Waals surface area contributed by atoms with Crippen molar-refractivity contribution in [3.63, 3.8) is 0 Å². The summed E-state index contributed by atoms with van der Waals surface area (Å²) < 4.78 is 4.12. The molecule has 0 saturated heterocycles. The second kappa shape index (κ2) is 8.08. The lowest BCUT2D eigenvalue weighted by Gasteiger charge is -2.17. The van der Waals surface area contributed by atoms with Crippen LogP contribution in [0.4, 0.5) is 0 Å². The van der Waals surface area contributed by atoms with Crippen LogP contribution >= 0.6 is 22.9 Å². The molecule has 0 N–H and O–H groups in total. The Balaban J connectivity index is 1.92. The van der Waals surface area contributed by atoms with Gasteiger partial charge in [-0.05, 0) is 56.9 Å². The zero-order valence-corrected chi connectivity index (χ0v) is 20.0. The smallest absolute Gasteiger partial charge is 0.158 e. The van der Waals surface area contributed by atoms with Crippen LogP contribution in [0.25, 0.3) is 26.8 Å². The van der Waals surface area contributed by atoms with Gasteiger partial charge in [-0.15, -0.1) is 11.3 Å². The van der Waals surface area contributed by atoms with E-state index < -0.39 is 0 Å². The first-order valence-corrected chi connectivity index (χ1v) is 11.6. The van der Waals surface area contributed by atoms with E-state index in [1.165, 1.54) is 5.56 Å². The van der Waals surface area contributed by atoms with Crippen LogP contribution in [-0.2, 0) is 0 Å². The molecule has 0 unspecified atom stereocenters. The van der Waals surface area contributed by atoms with Crippen molar-refractivity contribution in [2.24, 2.45) is 0 Å². The first-order valence-electron chi connectivity index (χ1n) is 10.4. The number of hydrogen-bond donors (Lipinski definition) is 0. The minimum Gasteiger partial charge on any atom is -0.319 e. The van der Waals surface area contributed by atoms with Gasteiger partial charge >= 0.3 is 0 Å². The normalized spacial score (nSPS) is 11.7. The van der Waals surface area contributed by atoms with E-state index in [1.54, 1.807) is 11.3 Å². The van der Waals surface area contributed by atoms with Gasteiger partial charge in [0.05, 0.1) is 31.9 Å². The van der Waals surface area contributed by atoms with Crippen LogP contribution in [0.1, 0.15) is 49.6 Å². The van der Waals surface area contributed by atoms with E-state index in [9.17, 15) is 0 Å². The topological polar surface area (TPSA) is 38.4 Å². The van der Waals surface area contributed by atoms with E-state index >= 15 is 0 Å². The highest BCUT2D eigenvalue weighted by Gasteiger charge is 2.23. The van der Waals surface area contributed by atoms with Gasteiger partial charge in [-0.25, -0.2) is 9.50 Å². The Bertz CT molecular complexity index is 1200. The lowest BCUT2D eigenvalue weighted by molar-refractivity contribution is 0.638. The Morgan fingerprint density at radius 2 is 1.90 bits per heavy atom. The molecular formula is C23H28ClN5S. The summed E-state index contributed by atoms with van der Waals surface area (Å²) in [6.45, 7) is 8.57. The third-order valence-electron chi connectivity index (χ3n) is 5.65. The standard InChI is InChI=1S/C23H28ClN5S/c1-7-16(8-2)17-12-14(3)26-29-21(15(4)25-23(17)29)22-18(24)13-20(30-22)19-10-9-11-28(19)27(5)6/h9-13,16H,7-8H2,1-6H3. The minimum absolute atomic E-state index is 0.474. The van der Waals surface area contributed by atoms with E-state index in [0.29, 0.717) is 5.92 Å². The number of imidazole rings is 1. The number of nitrogens with zero attached hydrogens (tertiary/aromatic N) is 5. The molecule has 0 atom stereocenters. The molecule has 4 aromatic rings. The number of rotatable bonds is 6. The number of aromatic nitrogens is 4. The van der Waals surface area contributed by atoms with Crippen LogP contribution in [0.3, 0.4) is 0 Å². The van der Waals surface area contributed by atoms with Crippen LogP contribution in [0.2, 0.25) is 5.02 Å².